The Kier molecular flexibility index (Phi) is 5.85. The van der Waals surface area contributed by atoms with Gasteiger partial charge in [0, 0.05) is 18.7 Å². The van der Waals surface area contributed by atoms with Gasteiger partial charge in [-0.1, -0.05) is 0 Å². The quantitative estimate of drug-likeness (QED) is 0.799. The molecule has 1 heterocycles. The third-order valence-corrected chi connectivity index (χ3v) is 4.14. The Balaban J connectivity index is 1.65. The number of hydrogen-bond donors (Lipinski definition) is 0. The largest absolute Gasteiger partial charge is 0.497 e. The first kappa shape index (κ1) is 19.0. The fourth-order valence-electron chi connectivity index (χ4n) is 2.75. The third-order valence-electron chi connectivity index (χ3n) is 4.14. The van der Waals surface area contributed by atoms with E-state index in [2.05, 4.69) is 0 Å². The summed E-state index contributed by atoms with van der Waals surface area (Å²) in [5.41, 5.74) is -0.629. The van der Waals surface area contributed by atoms with E-state index in [4.69, 9.17) is 14.2 Å². The van der Waals surface area contributed by atoms with Crippen molar-refractivity contribution in [3.63, 3.8) is 0 Å². The minimum atomic E-state index is -0.984. The summed E-state index contributed by atoms with van der Waals surface area (Å²) in [6.07, 6.45) is -0.475. The summed E-state index contributed by atoms with van der Waals surface area (Å²) in [6, 6.07) is 7.41. The van der Waals surface area contributed by atoms with Crippen molar-refractivity contribution in [2.45, 2.75) is 6.10 Å². The van der Waals surface area contributed by atoms with Crippen LogP contribution in [-0.4, -0.2) is 50.3 Å². The molecule has 0 aliphatic carbocycles. The first-order valence-corrected chi connectivity index (χ1v) is 8.30. The molecule has 1 atom stereocenters. The van der Waals surface area contributed by atoms with Crippen molar-refractivity contribution >= 4 is 5.91 Å². The zero-order valence-electron chi connectivity index (χ0n) is 14.6. The second kappa shape index (κ2) is 8.30. The van der Waals surface area contributed by atoms with E-state index in [1.807, 2.05) is 0 Å². The first-order chi connectivity index (χ1) is 13.0. The van der Waals surface area contributed by atoms with E-state index < -0.39 is 29.2 Å². The second-order valence-corrected chi connectivity index (χ2v) is 5.97. The van der Waals surface area contributed by atoms with Gasteiger partial charge in [0.05, 0.1) is 20.3 Å². The van der Waals surface area contributed by atoms with E-state index >= 15 is 0 Å². The fraction of sp³-hybridized carbons (Fsp3) is 0.316. The molecule has 0 bridgehead atoms. The standard InChI is InChI=1S/C19H18F3NO4/c1-25-14-8-16(21)18(17(22)9-14)19(24)23-6-7-26-15(10-23)11-27-13-4-2-12(20)3-5-13/h2-5,8-9,15H,6-7,10-11H2,1H3. The first-order valence-electron chi connectivity index (χ1n) is 8.30. The molecule has 5 nitrogen and oxygen atoms in total. The van der Waals surface area contributed by atoms with Gasteiger partial charge in [0.1, 0.15) is 47.2 Å². The summed E-state index contributed by atoms with van der Waals surface area (Å²) in [7, 11) is 1.28. The van der Waals surface area contributed by atoms with Crippen LogP contribution >= 0.6 is 0 Å². The molecule has 1 aliphatic rings. The smallest absolute Gasteiger partial charge is 0.260 e. The highest BCUT2D eigenvalue weighted by Gasteiger charge is 2.29. The number of nitrogens with zero attached hydrogens (tertiary/aromatic N) is 1. The Labute approximate surface area is 154 Å². The van der Waals surface area contributed by atoms with E-state index in [1.54, 1.807) is 0 Å². The molecule has 1 unspecified atom stereocenters. The highest BCUT2D eigenvalue weighted by Crippen LogP contribution is 2.23. The van der Waals surface area contributed by atoms with Crippen molar-refractivity contribution in [3.05, 3.63) is 59.4 Å². The molecule has 1 saturated heterocycles. The van der Waals surface area contributed by atoms with Crippen LogP contribution in [0.5, 0.6) is 11.5 Å². The molecule has 1 amide bonds. The van der Waals surface area contributed by atoms with Gasteiger partial charge in [-0.05, 0) is 24.3 Å². The number of carbonyl (C=O) groups excluding carboxylic acids is 1. The minimum absolute atomic E-state index is 0.00546. The van der Waals surface area contributed by atoms with Gasteiger partial charge in [0.15, 0.2) is 0 Å². The molecule has 2 aromatic carbocycles. The number of amides is 1. The Bertz CT molecular complexity index is 790. The zero-order chi connectivity index (χ0) is 19.4. The summed E-state index contributed by atoms with van der Waals surface area (Å²) in [4.78, 5) is 13.9. The average Bonchev–Trinajstić information content (AvgIpc) is 2.67. The molecule has 0 radical (unpaired) electrons. The number of methoxy groups -OCH3 is 1. The van der Waals surface area contributed by atoms with E-state index in [9.17, 15) is 18.0 Å². The maximum atomic E-state index is 14.1. The van der Waals surface area contributed by atoms with Crippen LogP contribution in [0, 0.1) is 17.5 Å². The third kappa shape index (κ3) is 4.51. The molecule has 0 saturated carbocycles. The van der Waals surface area contributed by atoms with Gasteiger partial charge >= 0.3 is 0 Å². The lowest BCUT2D eigenvalue weighted by Gasteiger charge is -2.33. The van der Waals surface area contributed by atoms with Crippen molar-refractivity contribution in [2.24, 2.45) is 0 Å². The number of morpholine rings is 1. The van der Waals surface area contributed by atoms with Crippen molar-refractivity contribution in [1.82, 2.24) is 4.90 Å². The lowest BCUT2D eigenvalue weighted by molar-refractivity contribution is -0.0403. The molecular weight excluding hydrogens is 363 g/mol. The predicted octanol–water partition coefficient (Wildman–Crippen LogP) is 3.03. The zero-order valence-corrected chi connectivity index (χ0v) is 14.6. The van der Waals surface area contributed by atoms with Crippen molar-refractivity contribution in [3.8, 4) is 11.5 Å². The SMILES string of the molecule is COc1cc(F)c(C(=O)N2CCOC(COc3ccc(F)cc3)C2)c(F)c1. The van der Waals surface area contributed by atoms with Crippen LogP contribution in [-0.2, 0) is 4.74 Å². The average molecular weight is 381 g/mol. The predicted molar refractivity (Wildman–Crippen MR) is 90.4 cm³/mol. The van der Waals surface area contributed by atoms with Crippen molar-refractivity contribution in [1.29, 1.82) is 0 Å². The lowest BCUT2D eigenvalue weighted by Crippen LogP contribution is -2.48. The Morgan fingerprint density at radius 1 is 1.15 bits per heavy atom. The molecule has 27 heavy (non-hydrogen) atoms. The van der Waals surface area contributed by atoms with Gasteiger partial charge in [-0.15, -0.1) is 0 Å². The minimum Gasteiger partial charge on any atom is -0.497 e. The Hall–Kier alpha value is -2.74. The number of halogens is 3. The summed E-state index contributed by atoms with van der Waals surface area (Å²) >= 11 is 0. The topological polar surface area (TPSA) is 48.0 Å². The van der Waals surface area contributed by atoms with Crippen LogP contribution in [0.4, 0.5) is 13.2 Å². The van der Waals surface area contributed by atoms with Crippen molar-refractivity contribution < 1.29 is 32.2 Å². The summed E-state index contributed by atoms with van der Waals surface area (Å²) in [5.74, 6) is -2.66. The number of rotatable bonds is 5. The number of carbonyl (C=O) groups is 1. The molecule has 3 rings (SSSR count). The van der Waals surface area contributed by atoms with Gasteiger partial charge in [-0.3, -0.25) is 4.79 Å². The van der Waals surface area contributed by atoms with Crippen LogP contribution < -0.4 is 9.47 Å². The summed E-state index contributed by atoms with van der Waals surface area (Å²) < 4.78 is 57.0. The molecular formula is C19H18F3NO4. The maximum absolute atomic E-state index is 14.1. The van der Waals surface area contributed by atoms with Crippen LogP contribution in [0.15, 0.2) is 36.4 Å². The molecule has 0 aromatic heterocycles. The van der Waals surface area contributed by atoms with E-state index in [0.29, 0.717) is 5.75 Å². The van der Waals surface area contributed by atoms with Crippen LogP contribution in [0.2, 0.25) is 0 Å². The Morgan fingerprint density at radius 3 is 2.44 bits per heavy atom. The molecule has 1 fully saturated rings. The molecule has 8 heteroatoms. The van der Waals surface area contributed by atoms with Crippen LogP contribution in [0.25, 0.3) is 0 Å². The van der Waals surface area contributed by atoms with Gasteiger partial charge in [0.25, 0.3) is 5.91 Å². The van der Waals surface area contributed by atoms with Crippen LogP contribution in [0.1, 0.15) is 10.4 Å². The van der Waals surface area contributed by atoms with Gasteiger partial charge in [-0.25, -0.2) is 13.2 Å². The fourth-order valence-corrected chi connectivity index (χ4v) is 2.75. The summed E-state index contributed by atoms with van der Waals surface area (Å²) in [5, 5.41) is 0. The van der Waals surface area contributed by atoms with Gasteiger partial charge in [-0.2, -0.15) is 0 Å². The second-order valence-electron chi connectivity index (χ2n) is 5.97. The van der Waals surface area contributed by atoms with E-state index in [1.165, 1.54) is 36.3 Å². The van der Waals surface area contributed by atoms with Crippen molar-refractivity contribution in [2.75, 3.05) is 33.4 Å². The van der Waals surface area contributed by atoms with Crippen LogP contribution in [0.3, 0.4) is 0 Å². The molecule has 144 valence electrons. The normalized spacial score (nSPS) is 16.9. The van der Waals surface area contributed by atoms with Gasteiger partial charge < -0.3 is 19.1 Å². The lowest BCUT2D eigenvalue weighted by atomic mass is 10.1. The highest BCUT2D eigenvalue weighted by molar-refractivity contribution is 5.95. The molecule has 0 N–H and O–H groups in total. The number of ether oxygens (including phenoxy) is 3. The highest BCUT2D eigenvalue weighted by atomic mass is 19.1. The number of hydrogen-bond acceptors (Lipinski definition) is 4. The molecule has 1 aliphatic heterocycles. The Morgan fingerprint density at radius 2 is 1.81 bits per heavy atom. The molecule has 0 spiro atoms. The summed E-state index contributed by atoms with van der Waals surface area (Å²) in [6.45, 7) is 0.646. The van der Waals surface area contributed by atoms with Gasteiger partial charge in [0.2, 0.25) is 0 Å². The molecule has 2 aromatic rings. The van der Waals surface area contributed by atoms with E-state index in [-0.39, 0.29) is 37.9 Å². The monoisotopic (exact) mass is 381 g/mol. The number of benzene rings is 2. The maximum Gasteiger partial charge on any atom is 0.260 e. The van der Waals surface area contributed by atoms with E-state index in [0.717, 1.165) is 12.1 Å².